The summed E-state index contributed by atoms with van der Waals surface area (Å²) in [5.41, 5.74) is -0.597. The molecule has 0 unspecified atom stereocenters. The Hall–Kier alpha value is -1.79. The van der Waals surface area contributed by atoms with Gasteiger partial charge in [-0.05, 0) is 18.6 Å². The van der Waals surface area contributed by atoms with E-state index in [0.717, 1.165) is 12.3 Å². The Labute approximate surface area is 101 Å². The van der Waals surface area contributed by atoms with Crippen LogP contribution in [0.1, 0.15) is 12.1 Å². The molecular formula is C11H11F3N2O2. The van der Waals surface area contributed by atoms with Crippen LogP contribution in [0.4, 0.5) is 18.9 Å². The summed E-state index contributed by atoms with van der Waals surface area (Å²) >= 11 is 0. The summed E-state index contributed by atoms with van der Waals surface area (Å²) in [7, 11) is 0. The molecule has 0 aliphatic carbocycles. The average Bonchev–Trinajstić information content (AvgIpc) is 2.77. The molecular weight excluding hydrogens is 249 g/mol. The van der Waals surface area contributed by atoms with E-state index in [1.54, 1.807) is 4.90 Å². The maximum Gasteiger partial charge on any atom is 0.433 e. The molecule has 1 aromatic heterocycles. The van der Waals surface area contributed by atoms with Gasteiger partial charge in [0.25, 0.3) is 0 Å². The second-order valence-electron chi connectivity index (χ2n) is 4.17. The van der Waals surface area contributed by atoms with Crippen molar-refractivity contribution in [2.24, 2.45) is 5.92 Å². The minimum Gasteiger partial charge on any atom is -0.481 e. The number of aromatic nitrogens is 1. The van der Waals surface area contributed by atoms with Crippen molar-refractivity contribution in [3.63, 3.8) is 0 Å². The summed E-state index contributed by atoms with van der Waals surface area (Å²) in [5, 5.41) is 8.84. The Kier molecular flexibility index (Phi) is 3.14. The molecule has 1 aliphatic rings. The molecule has 1 saturated heterocycles. The zero-order chi connectivity index (χ0) is 13.3. The Bertz CT molecular complexity index is 462. The summed E-state index contributed by atoms with van der Waals surface area (Å²) < 4.78 is 37.5. The molecule has 18 heavy (non-hydrogen) atoms. The fraction of sp³-hybridized carbons (Fsp3) is 0.455. The van der Waals surface area contributed by atoms with Gasteiger partial charge in [0.2, 0.25) is 0 Å². The van der Waals surface area contributed by atoms with Crippen molar-refractivity contribution in [3.8, 4) is 0 Å². The number of pyridine rings is 1. The minimum absolute atomic E-state index is 0.233. The first-order chi connectivity index (χ1) is 8.38. The zero-order valence-corrected chi connectivity index (χ0v) is 9.31. The van der Waals surface area contributed by atoms with Gasteiger partial charge in [0.1, 0.15) is 5.69 Å². The van der Waals surface area contributed by atoms with E-state index in [9.17, 15) is 18.0 Å². The number of halogens is 3. The molecule has 1 atom stereocenters. The van der Waals surface area contributed by atoms with Crippen LogP contribution in [0.3, 0.4) is 0 Å². The lowest BCUT2D eigenvalue weighted by atomic mass is 10.1. The van der Waals surface area contributed by atoms with E-state index in [2.05, 4.69) is 4.98 Å². The molecule has 4 nitrogen and oxygen atoms in total. The molecule has 0 aromatic carbocycles. The normalized spacial score (nSPS) is 20.2. The van der Waals surface area contributed by atoms with E-state index in [-0.39, 0.29) is 6.54 Å². The number of aliphatic carboxylic acids is 1. The third-order valence-electron chi connectivity index (χ3n) is 2.94. The van der Waals surface area contributed by atoms with Crippen LogP contribution in [0.15, 0.2) is 18.3 Å². The molecule has 0 radical (unpaired) electrons. The summed E-state index contributed by atoms with van der Waals surface area (Å²) in [4.78, 5) is 15.7. The summed E-state index contributed by atoms with van der Waals surface area (Å²) in [6, 6.07) is 2.41. The quantitative estimate of drug-likeness (QED) is 0.883. The van der Waals surface area contributed by atoms with E-state index < -0.39 is 23.8 Å². The molecule has 7 heteroatoms. The van der Waals surface area contributed by atoms with Gasteiger partial charge in [-0.1, -0.05) is 0 Å². The summed E-state index contributed by atoms with van der Waals surface area (Å²) in [6.45, 7) is 0.676. The maximum atomic E-state index is 12.5. The van der Waals surface area contributed by atoms with Gasteiger partial charge < -0.3 is 10.0 Å². The van der Waals surface area contributed by atoms with Gasteiger partial charge >= 0.3 is 12.1 Å². The van der Waals surface area contributed by atoms with Crippen LogP contribution < -0.4 is 4.90 Å². The zero-order valence-electron chi connectivity index (χ0n) is 9.31. The van der Waals surface area contributed by atoms with Crippen LogP contribution in [0.25, 0.3) is 0 Å². The van der Waals surface area contributed by atoms with Crippen LogP contribution in [0.2, 0.25) is 0 Å². The van der Waals surface area contributed by atoms with E-state index in [1.165, 1.54) is 6.07 Å². The van der Waals surface area contributed by atoms with Gasteiger partial charge in [0, 0.05) is 25.0 Å². The largest absolute Gasteiger partial charge is 0.481 e. The topological polar surface area (TPSA) is 53.4 Å². The molecule has 1 N–H and O–H groups in total. The number of anilines is 1. The lowest BCUT2D eigenvalue weighted by Gasteiger charge is -2.19. The highest BCUT2D eigenvalue weighted by Crippen LogP contribution is 2.31. The highest BCUT2D eigenvalue weighted by atomic mass is 19.4. The van der Waals surface area contributed by atoms with Gasteiger partial charge in [0.15, 0.2) is 0 Å². The Morgan fingerprint density at radius 1 is 1.50 bits per heavy atom. The van der Waals surface area contributed by atoms with Crippen LogP contribution in [0.5, 0.6) is 0 Å². The first-order valence-corrected chi connectivity index (χ1v) is 5.39. The lowest BCUT2D eigenvalue weighted by Crippen LogP contribution is -2.23. The predicted molar refractivity (Wildman–Crippen MR) is 57.2 cm³/mol. The summed E-state index contributed by atoms with van der Waals surface area (Å²) in [6.07, 6.45) is -2.95. The average molecular weight is 260 g/mol. The molecule has 0 bridgehead atoms. The second-order valence-corrected chi connectivity index (χ2v) is 4.17. The number of rotatable bonds is 2. The first kappa shape index (κ1) is 12.7. The Morgan fingerprint density at radius 2 is 2.22 bits per heavy atom. The number of alkyl halides is 3. The third-order valence-corrected chi connectivity index (χ3v) is 2.94. The Balaban J connectivity index is 2.18. The van der Waals surface area contributed by atoms with Crippen LogP contribution in [0, 0.1) is 5.92 Å². The van der Waals surface area contributed by atoms with Crippen molar-refractivity contribution in [2.75, 3.05) is 18.0 Å². The minimum atomic E-state index is -4.48. The summed E-state index contributed by atoms with van der Waals surface area (Å²) in [5.74, 6) is -1.44. The Morgan fingerprint density at radius 3 is 2.78 bits per heavy atom. The van der Waals surface area contributed by atoms with Crippen molar-refractivity contribution >= 4 is 11.7 Å². The van der Waals surface area contributed by atoms with Gasteiger partial charge in [-0.2, -0.15) is 13.2 Å². The van der Waals surface area contributed by atoms with Crippen molar-refractivity contribution in [3.05, 3.63) is 24.0 Å². The number of carboxylic acids is 1. The van der Waals surface area contributed by atoms with Crippen LogP contribution in [-0.2, 0) is 11.0 Å². The van der Waals surface area contributed by atoms with Gasteiger partial charge in [-0.3, -0.25) is 9.78 Å². The standard InChI is InChI=1S/C11H11F3N2O2/c12-11(13,14)9-5-8(1-3-15-9)16-4-2-7(6-16)10(17)18/h1,3,5,7H,2,4,6H2,(H,17,18)/t7-/m0/s1. The SMILES string of the molecule is O=C(O)[C@H]1CCN(c2ccnc(C(F)(F)F)c2)C1. The number of hydrogen-bond donors (Lipinski definition) is 1. The van der Waals surface area contributed by atoms with E-state index in [1.807, 2.05) is 0 Å². The predicted octanol–water partition coefficient (Wildman–Crippen LogP) is 2.01. The fourth-order valence-corrected chi connectivity index (χ4v) is 1.97. The van der Waals surface area contributed by atoms with E-state index in [0.29, 0.717) is 18.7 Å². The van der Waals surface area contributed by atoms with Crippen LogP contribution >= 0.6 is 0 Å². The second kappa shape index (κ2) is 4.47. The number of nitrogens with zero attached hydrogens (tertiary/aromatic N) is 2. The monoisotopic (exact) mass is 260 g/mol. The molecule has 0 amide bonds. The molecule has 2 rings (SSSR count). The van der Waals surface area contributed by atoms with Crippen LogP contribution in [-0.4, -0.2) is 29.1 Å². The van der Waals surface area contributed by atoms with Crippen molar-refractivity contribution in [1.29, 1.82) is 0 Å². The van der Waals surface area contributed by atoms with E-state index >= 15 is 0 Å². The van der Waals surface area contributed by atoms with Gasteiger partial charge in [-0.25, -0.2) is 0 Å². The third kappa shape index (κ3) is 2.55. The van der Waals surface area contributed by atoms with Gasteiger partial charge in [-0.15, -0.1) is 0 Å². The maximum absolute atomic E-state index is 12.5. The van der Waals surface area contributed by atoms with Crippen molar-refractivity contribution < 1.29 is 23.1 Å². The highest BCUT2D eigenvalue weighted by Gasteiger charge is 2.34. The fourth-order valence-electron chi connectivity index (χ4n) is 1.97. The number of carbonyl (C=O) groups is 1. The molecule has 2 heterocycles. The molecule has 0 spiro atoms. The molecule has 98 valence electrons. The molecule has 0 saturated carbocycles. The number of carboxylic acid groups (broad SMARTS) is 1. The molecule has 1 aromatic rings. The number of hydrogen-bond acceptors (Lipinski definition) is 3. The highest BCUT2D eigenvalue weighted by molar-refractivity contribution is 5.72. The van der Waals surface area contributed by atoms with Gasteiger partial charge in [0.05, 0.1) is 5.92 Å². The van der Waals surface area contributed by atoms with Crippen molar-refractivity contribution in [2.45, 2.75) is 12.6 Å². The smallest absolute Gasteiger partial charge is 0.433 e. The molecule has 1 fully saturated rings. The van der Waals surface area contributed by atoms with Crippen molar-refractivity contribution in [1.82, 2.24) is 4.98 Å². The lowest BCUT2D eigenvalue weighted by molar-refractivity contribution is -0.142. The first-order valence-electron chi connectivity index (χ1n) is 5.39. The van der Waals surface area contributed by atoms with E-state index in [4.69, 9.17) is 5.11 Å². The molecule has 1 aliphatic heterocycles.